The van der Waals surface area contributed by atoms with E-state index in [1.54, 1.807) is 0 Å². The van der Waals surface area contributed by atoms with Gasteiger partial charge in [0.2, 0.25) is 0 Å². The molecule has 2 nitrogen and oxygen atoms in total. The summed E-state index contributed by atoms with van der Waals surface area (Å²) in [5.74, 6) is 0.731. The van der Waals surface area contributed by atoms with Crippen molar-refractivity contribution < 1.29 is 0 Å². The molecule has 0 aliphatic heterocycles. The van der Waals surface area contributed by atoms with Gasteiger partial charge in [-0.25, -0.2) is 0 Å². The van der Waals surface area contributed by atoms with Crippen LogP contribution in [0.1, 0.15) is 5.56 Å². The fourth-order valence-corrected chi connectivity index (χ4v) is 1.33. The third kappa shape index (κ3) is 0.871. The molecule has 2 aromatic rings. The first-order valence-corrected chi connectivity index (χ1v) is 3.61. The summed E-state index contributed by atoms with van der Waals surface area (Å²) in [7, 11) is 0. The van der Waals surface area contributed by atoms with Crippen LogP contribution in [0.5, 0.6) is 0 Å². The number of hydrogen-bond acceptors (Lipinski definition) is 1. The first-order chi connectivity index (χ1) is 5.27. The van der Waals surface area contributed by atoms with Gasteiger partial charge in [0.05, 0.1) is 0 Å². The lowest BCUT2D eigenvalue weighted by atomic mass is 10.1. The SMILES string of the molecule is Cc1cccc2[nH]c(N)cc12. The lowest BCUT2D eigenvalue weighted by Gasteiger charge is -1.91. The van der Waals surface area contributed by atoms with E-state index in [1.165, 1.54) is 10.9 Å². The lowest BCUT2D eigenvalue weighted by molar-refractivity contribution is 1.47. The van der Waals surface area contributed by atoms with Crippen molar-refractivity contribution in [3.05, 3.63) is 29.8 Å². The highest BCUT2D eigenvalue weighted by molar-refractivity contribution is 5.86. The highest BCUT2D eigenvalue weighted by Crippen LogP contribution is 2.19. The van der Waals surface area contributed by atoms with E-state index in [1.807, 2.05) is 18.2 Å². The van der Waals surface area contributed by atoms with Crippen LogP contribution in [0, 0.1) is 6.92 Å². The van der Waals surface area contributed by atoms with E-state index < -0.39 is 0 Å². The maximum absolute atomic E-state index is 5.60. The van der Waals surface area contributed by atoms with E-state index in [4.69, 9.17) is 5.73 Å². The third-order valence-electron chi connectivity index (χ3n) is 1.90. The molecule has 0 saturated carbocycles. The van der Waals surface area contributed by atoms with Crippen molar-refractivity contribution in [3.8, 4) is 0 Å². The molecule has 3 N–H and O–H groups in total. The fraction of sp³-hybridized carbons (Fsp3) is 0.111. The molecule has 2 rings (SSSR count). The second-order valence-corrected chi connectivity index (χ2v) is 2.76. The number of nitrogens with two attached hydrogens (primary N) is 1. The Balaban J connectivity index is 2.90. The molecule has 1 aromatic heterocycles. The molecule has 0 aliphatic rings. The van der Waals surface area contributed by atoms with Gasteiger partial charge in [-0.1, -0.05) is 12.1 Å². The Morgan fingerprint density at radius 2 is 2.18 bits per heavy atom. The van der Waals surface area contributed by atoms with Gasteiger partial charge in [-0.15, -0.1) is 0 Å². The average Bonchev–Trinajstić information content (AvgIpc) is 2.31. The molecule has 0 radical (unpaired) electrons. The Bertz CT molecular complexity index is 387. The molecule has 0 aliphatic carbocycles. The lowest BCUT2D eigenvalue weighted by Crippen LogP contribution is -1.80. The van der Waals surface area contributed by atoms with E-state index in [2.05, 4.69) is 18.0 Å². The molecule has 2 heteroatoms. The highest BCUT2D eigenvalue weighted by Gasteiger charge is 1.98. The van der Waals surface area contributed by atoms with E-state index in [9.17, 15) is 0 Å². The summed E-state index contributed by atoms with van der Waals surface area (Å²) in [5, 5.41) is 1.21. The Hall–Kier alpha value is -1.44. The largest absolute Gasteiger partial charge is 0.385 e. The van der Waals surface area contributed by atoms with Crippen molar-refractivity contribution in [2.24, 2.45) is 0 Å². The standard InChI is InChI=1S/C9H10N2/c1-6-3-2-4-8-7(6)5-9(10)11-8/h2-5,11H,10H2,1H3. The van der Waals surface area contributed by atoms with Gasteiger partial charge in [0.1, 0.15) is 5.82 Å². The van der Waals surface area contributed by atoms with Gasteiger partial charge in [0, 0.05) is 10.9 Å². The number of rotatable bonds is 0. The van der Waals surface area contributed by atoms with Gasteiger partial charge >= 0.3 is 0 Å². The number of aryl methyl sites for hydroxylation is 1. The molecule has 11 heavy (non-hydrogen) atoms. The summed E-state index contributed by atoms with van der Waals surface area (Å²) >= 11 is 0. The first-order valence-electron chi connectivity index (χ1n) is 3.61. The number of fused-ring (bicyclic) bond motifs is 1. The topological polar surface area (TPSA) is 41.8 Å². The molecule has 0 atom stereocenters. The van der Waals surface area contributed by atoms with Crippen molar-refractivity contribution in [2.45, 2.75) is 6.92 Å². The minimum Gasteiger partial charge on any atom is -0.385 e. The Morgan fingerprint density at radius 1 is 1.36 bits per heavy atom. The molecule has 0 saturated heterocycles. The van der Waals surface area contributed by atoms with Crippen molar-refractivity contribution >= 4 is 16.7 Å². The van der Waals surface area contributed by atoms with Gasteiger partial charge in [-0.05, 0) is 24.6 Å². The zero-order valence-corrected chi connectivity index (χ0v) is 6.39. The summed E-state index contributed by atoms with van der Waals surface area (Å²) in [6.07, 6.45) is 0. The smallest absolute Gasteiger partial charge is 0.101 e. The maximum Gasteiger partial charge on any atom is 0.101 e. The zero-order chi connectivity index (χ0) is 7.84. The van der Waals surface area contributed by atoms with Crippen molar-refractivity contribution in [1.29, 1.82) is 0 Å². The Labute approximate surface area is 65.0 Å². The number of H-pyrrole nitrogens is 1. The van der Waals surface area contributed by atoms with Crippen molar-refractivity contribution in [3.63, 3.8) is 0 Å². The number of hydrogen-bond donors (Lipinski definition) is 2. The van der Waals surface area contributed by atoms with Crippen LogP contribution in [-0.2, 0) is 0 Å². The van der Waals surface area contributed by atoms with Crippen LogP contribution in [-0.4, -0.2) is 4.98 Å². The molecule has 0 amide bonds. The summed E-state index contributed by atoms with van der Waals surface area (Å²) in [6.45, 7) is 2.08. The van der Waals surface area contributed by atoms with Crippen LogP contribution in [0.3, 0.4) is 0 Å². The average molecular weight is 146 g/mol. The maximum atomic E-state index is 5.60. The normalized spacial score (nSPS) is 10.6. The van der Waals surface area contributed by atoms with E-state index >= 15 is 0 Å². The van der Waals surface area contributed by atoms with Crippen molar-refractivity contribution in [2.75, 3.05) is 5.73 Å². The van der Waals surface area contributed by atoms with Crippen molar-refractivity contribution in [1.82, 2.24) is 4.98 Å². The summed E-state index contributed by atoms with van der Waals surface area (Å²) in [6, 6.07) is 8.09. The van der Waals surface area contributed by atoms with Gasteiger partial charge < -0.3 is 10.7 Å². The second kappa shape index (κ2) is 2.02. The minimum atomic E-state index is 0.731. The zero-order valence-electron chi connectivity index (χ0n) is 6.39. The van der Waals surface area contributed by atoms with Crippen LogP contribution in [0.25, 0.3) is 10.9 Å². The van der Waals surface area contributed by atoms with Gasteiger partial charge in [-0.2, -0.15) is 0 Å². The molecule has 0 bridgehead atoms. The third-order valence-corrected chi connectivity index (χ3v) is 1.90. The predicted octanol–water partition coefficient (Wildman–Crippen LogP) is 2.06. The Kier molecular flexibility index (Phi) is 1.15. The molecule has 56 valence electrons. The number of benzene rings is 1. The molecule has 1 aromatic carbocycles. The van der Waals surface area contributed by atoms with Gasteiger partial charge in [-0.3, -0.25) is 0 Å². The number of nitrogens with one attached hydrogen (secondary N) is 1. The second-order valence-electron chi connectivity index (χ2n) is 2.76. The predicted molar refractivity (Wildman–Crippen MR) is 47.4 cm³/mol. The van der Waals surface area contributed by atoms with Crippen LogP contribution in [0.2, 0.25) is 0 Å². The van der Waals surface area contributed by atoms with Crippen LogP contribution in [0.4, 0.5) is 5.82 Å². The fourth-order valence-electron chi connectivity index (χ4n) is 1.33. The molecule has 0 unspecified atom stereocenters. The minimum absolute atomic E-state index is 0.731. The molecular weight excluding hydrogens is 136 g/mol. The Morgan fingerprint density at radius 3 is 2.91 bits per heavy atom. The molecule has 0 spiro atoms. The number of anilines is 1. The van der Waals surface area contributed by atoms with Crippen LogP contribution in [0.15, 0.2) is 24.3 Å². The molecule has 0 fully saturated rings. The first kappa shape index (κ1) is 6.28. The van der Waals surface area contributed by atoms with E-state index in [0.717, 1.165) is 11.3 Å². The van der Waals surface area contributed by atoms with Gasteiger partial charge in [0.25, 0.3) is 0 Å². The van der Waals surface area contributed by atoms with E-state index in [0.29, 0.717) is 0 Å². The molecule has 1 heterocycles. The molecular formula is C9H10N2. The summed E-state index contributed by atoms with van der Waals surface area (Å²) in [4.78, 5) is 3.08. The van der Waals surface area contributed by atoms with Crippen LogP contribution >= 0.6 is 0 Å². The number of aromatic amines is 1. The summed E-state index contributed by atoms with van der Waals surface area (Å²) < 4.78 is 0. The van der Waals surface area contributed by atoms with Crippen LogP contribution < -0.4 is 5.73 Å². The van der Waals surface area contributed by atoms with E-state index in [-0.39, 0.29) is 0 Å². The monoisotopic (exact) mass is 146 g/mol. The number of aromatic nitrogens is 1. The van der Waals surface area contributed by atoms with Gasteiger partial charge in [0.15, 0.2) is 0 Å². The highest BCUT2D eigenvalue weighted by atomic mass is 14.8. The quantitative estimate of drug-likeness (QED) is 0.587. The summed E-state index contributed by atoms with van der Waals surface area (Å²) in [5.41, 5.74) is 7.98. The number of nitrogen functional groups attached to an aromatic ring is 1.